The molecule has 0 saturated carbocycles. The molecule has 1 saturated heterocycles. The third-order valence-corrected chi connectivity index (χ3v) is 4.86. The Balaban J connectivity index is 1.98. The van der Waals surface area contributed by atoms with E-state index in [1.807, 2.05) is 0 Å². The maximum absolute atomic E-state index is 12.4. The largest absolute Gasteiger partial charge is 0.394 e. The number of fused-ring (bicyclic) bond motifs is 1. The summed E-state index contributed by atoms with van der Waals surface area (Å²) in [4.78, 5) is 45.9. The van der Waals surface area contributed by atoms with Crippen molar-refractivity contribution in [1.82, 2.24) is 19.5 Å². The number of carbonyl (C=O) groups is 2. The van der Waals surface area contributed by atoms with Crippen molar-refractivity contribution in [3.8, 4) is 0 Å². The van der Waals surface area contributed by atoms with Gasteiger partial charge in [-0.05, 0) is 0 Å². The molecule has 164 valence electrons. The number of amides is 1. The third-order valence-electron chi connectivity index (χ3n) is 4.86. The zero-order valence-corrected chi connectivity index (χ0v) is 16.6. The van der Waals surface area contributed by atoms with Crippen LogP contribution >= 0.6 is 0 Å². The Morgan fingerprint density at radius 2 is 2.30 bits per heavy atom. The molecular weight excluding hydrogens is 398 g/mol. The summed E-state index contributed by atoms with van der Waals surface area (Å²) in [6.07, 6.45) is -0.676. The number of hydrogen-bond donors (Lipinski definition) is 4. The fraction of sp³-hybridized carbons (Fsp3) is 0.611. The van der Waals surface area contributed by atoms with Gasteiger partial charge in [-0.3, -0.25) is 19.9 Å². The molecule has 0 bridgehead atoms. The Morgan fingerprint density at radius 1 is 1.53 bits per heavy atom. The second kappa shape index (κ2) is 9.43. The minimum atomic E-state index is -1.18. The van der Waals surface area contributed by atoms with Crippen molar-refractivity contribution in [2.24, 2.45) is 5.92 Å². The van der Waals surface area contributed by atoms with E-state index in [9.17, 15) is 24.6 Å². The zero-order valence-electron chi connectivity index (χ0n) is 16.6. The molecule has 1 amide bonds. The number of hydrogen-bond acceptors (Lipinski definition) is 9. The van der Waals surface area contributed by atoms with E-state index < -0.39 is 36.5 Å². The molecule has 1 fully saturated rings. The van der Waals surface area contributed by atoms with E-state index in [0.29, 0.717) is 6.29 Å². The van der Waals surface area contributed by atoms with E-state index in [4.69, 9.17) is 9.47 Å². The van der Waals surface area contributed by atoms with Crippen LogP contribution in [0.5, 0.6) is 0 Å². The lowest BCUT2D eigenvalue weighted by Crippen LogP contribution is -2.53. The molecule has 4 atom stereocenters. The number of aromatic amines is 1. The SMILES string of the molecule is CC(C)C(=O)Nc1nc2c(ncn2[C@@H]2CO[C@H](CO)[C@@H](O)[C@H]2OCCC=O)c(=O)[nH]1. The molecule has 1 aliphatic rings. The predicted octanol–water partition coefficient (Wildman–Crippen LogP) is -1.02. The summed E-state index contributed by atoms with van der Waals surface area (Å²) in [5.74, 6) is -0.665. The minimum Gasteiger partial charge on any atom is -0.394 e. The second-order valence-electron chi connectivity index (χ2n) is 7.29. The first-order valence-electron chi connectivity index (χ1n) is 9.60. The third kappa shape index (κ3) is 4.41. The lowest BCUT2D eigenvalue weighted by atomic mass is 9.98. The number of nitrogens with one attached hydrogen (secondary N) is 2. The van der Waals surface area contributed by atoms with Crippen LogP contribution in [0.15, 0.2) is 11.1 Å². The smallest absolute Gasteiger partial charge is 0.280 e. The fourth-order valence-corrected chi connectivity index (χ4v) is 3.20. The molecule has 2 aromatic heterocycles. The van der Waals surface area contributed by atoms with Crippen molar-refractivity contribution in [1.29, 1.82) is 0 Å². The van der Waals surface area contributed by atoms with Crippen molar-refractivity contribution in [3.05, 3.63) is 16.7 Å². The van der Waals surface area contributed by atoms with Crippen LogP contribution in [-0.2, 0) is 19.1 Å². The molecule has 3 rings (SSSR count). The van der Waals surface area contributed by atoms with Crippen LogP contribution < -0.4 is 10.9 Å². The summed E-state index contributed by atoms with van der Waals surface area (Å²) in [6.45, 7) is 3.11. The van der Waals surface area contributed by atoms with E-state index in [1.54, 1.807) is 13.8 Å². The van der Waals surface area contributed by atoms with Gasteiger partial charge in [0.1, 0.15) is 24.6 Å². The number of ether oxygens (including phenoxy) is 2. The number of imidazole rings is 1. The first kappa shape index (κ1) is 22.0. The van der Waals surface area contributed by atoms with Gasteiger partial charge in [-0.25, -0.2) is 4.98 Å². The van der Waals surface area contributed by atoms with Gasteiger partial charge in [0, 0.05) is 12.3 Å². The van der Waals surface area contributed by atoms with Gasteiger partial charge in [0.15, 0.2) is 11.2 Å². The highest BCUT2D eigenvalue weighted by atomic mass is 16.5. The maximum Gasteiger partial charge on any atom is 0.280 e. The molecule has 0 unspecified atom stereocenters. The van der Waals surface area contributed by atoms with Gasteiger partial charge in [0.05, 0.1) is 32.2 Å². The van der Waals surface area contributed by atoms with Gasteiger partial charge < -0.3 is 29.0 Å². The van der Waals surface area contributed by atoms with Crippen molar-refractivity contribution in [2.45, 2.75) is 44.6 Å². The van der Waals surface area contributed by atoms with Gasteiger partial charge in [-0.2, -0.15) is 4.98 Å². The lowest BCUT2D eigenvalue weighted by Gasteiger charge is -2.40. The van der Waals surface area contributed by atoms with Crippen LogP contribution in [0, 0.1) is 5.92 Å². The number of H-pyrrole nitrogens is 1. The summed E-state index contributed by atoms with van der Waals surface area (Å²) >= 11 is 0. The summed E-state index contributed by atoms with van der Waals surface area (Å²) in [7, 11) is 0. The number of rotatable bonds is 8. The lowest BCUT2D eigenvalue weighted by molar-refractivity contribution is -0.186. The Bertz CT molecular complexity index is 956. The first-order chi connectivity index (χ1) is 14.4. The monoisotopic (exact) mass is 423 g/mol. The predicted molar refractivity (Wildman–Crippen MR) is 104 cm³/mol. The first-order valence-corrected chi connectivity index (χ1v) is 9.60. The topological polar surface area (TPSA) is 169 Å². The van der Waals surface area contributed by atoms with Gasteiger partial charge >= 0.3 is 0 Å². The zero-order chi connectivity index (χ0) is 21.8. The summed E-state index contributed by atoms with van der Waals surface area (Å²) in [6, 6.07) is -0.637. The fourth-order valence-electron chi connectivity index (χ4n) is 3.20. The molecule has 2 aromatic rings. The highest BCUT2D eigenvalue weighted by molar-refractivity contribution is 5.91. The molecule has 12 nitrogen and oxygen atoms in total. The molecule has 0 radical (unpaired) electrons. The molecule has 4 N–H and O–H groups in total. The summed E-state index contributed by atoms with van der Waals surface area (Å²) < 4.78 is 12.8. The Kier molecular flexibility index (Phi) is 6.92. The summed E-state index contributed by atoms with van der Waals surface area (Å²) in [5.41, 5.74) is -0.324. The van der Waals surface area contributed by atoms with Crippen molar-refractivity contribution in [2.75, 3.05) is 25.1 Å². The average molecular weight is 423 g/mol. The van der Waals surface area contributed by atoms with Crippen LogP contribution in [0.1, 0.15) is 26.3 Å². The van der Waals surface area contributed by atoms with E-state index in [2.05, 4.69) is 20.3 Å². The van der Waals surface area contributed by atoms with Gasteiger partial charge in [-0.15, -0.1) is 0 Å². The quantitative estimate of drug-likeness (QED) is 0.307. The summed E-state index contributed by atoms with van der Waals surface area (Å²) in [5, 5.41) is 22.5. The molecule has 0 aliphatic carbocycles. The second-order valence-corrected chi connectivity index (χ2v) is 7.29. The van der Waals surface area contributed by atoms with E-state index in [1.165, 1.54) is 10.9 Å². The molecular formula is C18H25N5O7. The number of aromatic nitrogens is 4. The van der Waals surface area contributed by atoms with Crippen LogP contribution in [0.4, 0.5) is 5.95 Å². The standard InChI is InChI=1S/C18H25N5O7/c1-9(2)16(27)21-18-20-15-12(17(28)22-18)19-8-23(15)10-7-30-11(6-25)13(26)14(10)29-5-3-4-24/h4,8-11,13-14,25-26H,3,5-7H2,1-2H3,(H2,20,21,22,27,28)/t10-,11-,13-,14+/m1/s1. The van der Waals surface area contributed by atoms with Gasteiger partial charge in [-0.1, -0.05) is 13.8 Å². The number of aldehydes is 1. The van der Waals surface area contributed by atoms with Gasteiger partial charge in [0.25, 0.3) is 5.56 Å². The number of aliphatic hydroxyl groups excluding tert-OH is 2. The van der Waals surface area contributed by atoms with Gasteiger partial charge in [0.2, 0.25) is 11.9 Å². The highest BCUT2D eigenvalue weighted by Gasteiger charge is 2.41. The Hall–Kier alpha value is -2.67. The van der Waals surface area contributed by atoms with Crippen LogP contribution in [-0.4, -0.2) is 80.1 Å². The van der Waals surface area contributed by atoms with Crippen molar-refractivity contribution < 1.29 is 29.3 Å². The van der Waals surface area contributed by atoms with E-state index in [-0.39, 0.29) is 48.6 Å². The maximum atomic E-state index is 12.4. The molecule has 0 spiro atoms. The number of carbonyl (C=O) groups excluding carboxylic acids is 2. The Labute approximate surface area is 171 Å². The van der Waals surface area contributed by atoms with E-state index >= 15 is 0 Å². The molecule has 12 heteroatoms. The normalized spacial score (nSPS) is 24.3. The molecule has 0 aromatic carbocycles. The molecule has 1 aliphatic heterocycles. The number of anilines is 1. The van der Waals surface area contributed by atoms with Crippen LogP contribution in [0.3, 0.4) is 0 Å². The van der Waals surface area contributed by atoms with Crippen molar-refractivity contribution >= 4 is 29.3 Å². The Morgan fingerprint density at radius 3 is 2.97 bits per heavy atom. The van der Waals surface area contributed by atoms with Crippen molar-refractivity contribution in [3.63, 3.8) is 0 Å². The average Bonchev–Trinajstić information content (AvgIpc) is 3.13. The minimum absolute atomic E-state index is 0.0307. The number of nitrogens with zero attached hydrogens (tertiary/aromatic N) is 3. The molecule has 3 heterocycles. The number of aliphatic hydroxyl groups is 2. The van der Waals surface area contributed by atoms with Crippen LogP contribution in [0.2, 0.25) is 0 Å². The highest BCUT2D eigenvalue weighted by Crippen LogP contribution is 2.29. The van der Waals surface area contributed by atoms with Crippen LogP contribution in [0.25, 0.3) is 11.2 Å². The molecule has 30 heavy (non-hydrogen) atoms. The van der Waals surface area contributed by atoms with E-state index in [0.717, 1.165) is 0 Å².